The second kappa shape index (κ2) is 7.85. The third-order valence-corrected chi connectivity index (χ3v) is 5.73. The number of anilines is 1. The predicted octanol–water partition coefficient (Wildman–Crippen LogP) is 4.89. The lowest BCUT2D eigenvalue weighted by molar-refractivity contribution is 0.475. The first-order chi connectivity index (χ1) is 15.1. The quantitative estimate of drug-likeness (QED) is 0.452. The normalized spacial score (nSPS) is 18.2. The smallest absolute Gasteiger partial charge is 0.174 e. The number of pyridine rings is 1. The molecule has 2 aromatic carbocycles. The molecule has 0 amide bonds. The maximum Gasteiger partial charge on any atom is 0.174 e. The van der Waals surface area contributed by atoms with Crippen molar-refractivity contribution in [3.63, 3.8) is 0 Å². The van der Waals surface area contributed by atoms with E-state index in [4.69, 9.17) is 12.2 Å². The van der Waals surface area contributed by atoms with Crippen LogP contribution in [0.1, 0.15) is 23.5 Å². The fraction of sp³-hybridized carbons (Fsp3) is 0.0833. The van der Waals surface area contributed by atoms with Gasteiger partial charge in [-0.2, -0.15) is 0 Å². The molecular weight excluding hydrogens is 411 g/mol. The summed E-state index contributed by atoms with van der Waals surface area (Å²) in [6, 6.07) is 22.7. The van der Waals surface area contributed by atoms with Crippen LogP contribution >= 0.6 is 12.2 Å². The lowest BCUT2D eigenvalue weighted by atomic mass is 10.0. The minimum Gasteiger partial charge on any atom is -0.508 e. The van der Waals surface area contributed by atoms with Crippen molar-refractivity contribution in [3.8, 4) is 11.4 Å². The molecule has 5 rings (SSSR count). The monoisotopic (exact) mass is 430 g/mol. The topological polar surface area (TPSA) is 53.3 Å². The summed E-state index contributed by atoms with van der Waals surface area (Å²) >= 11 is 5.71. The first-order valence-electron chi connectivity index (χ1n) is 9.85. The number of aromatic hydroxyl groups is 1. The van der Waals surface area contributed by atoms with E-state index in [9.17, 15) is 9.50 Å². The number of nitrogens with zero attached hydrogens (tertiary/aromatic N) is 3. The van der Waals surface area contributed by atoms with Crippen molar-refractivity contribution in [2.75, 3.05) is 4.90 Å². The Morgan fingerprint density at radius 2 is 1.65 bits per heavy atom. The van der Waals surface area contributed by atoms with Crippen molar-refractivity contribution in [2.24, 2.45) is 0 Å². The first-order valence-corrected chi connectivity index (χ1v) is 10.3. The Bertz CT molecular complexity index is 1210. The highest BCUT2D eigenvalue weighted by Gasteiger charge is 2.42. The van der Waals surface area contributed by atoms with Gasteiger partial charge in [-0.15, -0.1) is 0 Å². The van der Waals surface area contributed by atoms with Gasteiger partial charge >= 0.3 is 0 Å². The van der Waals surface area contributed by atoms with E-state index in [2.05, 4.69) is 14.9 Å². The number of aromatic nitrogens is 2. The first kappa shape index (κ1) is 19.3. The Hall–Kier alpha value is -3.71. The third kappa shape index (κ3) is 3.53. The van der Waals surface area contributed by atoms with Crippen molar-refractivity contribution in [1.29, 1.82) is 0 Å². The van der Waals surface area contributed by atoms with Crippen molar-refractivity contribution in [2.45, 2.75) is 12.1 Å². The lowest BCUT2D eigenvalue weighted by Crippen LogP contribution is -2.30. The maximum absolute atomic E-state index is 13.6. The fourth-order valence-electron chi connectivity index (χ4n) is 4.02. The van der Waals surface area contributed by atoms with Crippen LogP contribution in [0.25, 0.3) is 5.69 Å². The fourth-order valence-corrected chi connectivity index (χ4v) is 4.36. The van der Waals surface area contributed by atoms with Crippen LogP contribution in [0.4, 0.5) is 10.1 Å². The molecule has 5 nitrogen and oxygen atoms in total. The molecule has 2 N–H and O–H groups in total. The van der Waals surface area contributed by atoms with Gasteiger partial charge in [0, 0.05) is 29.5 Å². The molecule has 2 atom stereocenters. The van der Waals surface area contributed by atoms with Crippen LogP contribution in [-0.2, 0) is 0 Å². The van der Waals surface area contributed by atoms with Crippen LogP contribution in [0, 0.1) is 5.82 Å². The molecule has 0 bridgehead atoms. The van der Waals surface area contributed by atoms with Gasteiger partial charge in [-0.05, 0) is 85.0 Å². The Morgan fingerprint density at radius 3 is 2.35 bits per heavy atom. The lowest BCUT2D eigenvalue weighted by Gasteiger charge is -2.29. The molecule has 1 saturated heterocycles. The van der Waals surface area contributed by atoms with Gasteiger partial charge in [0.15, 0.2) is 5.11 Å². The van der Waals surface area contributed by atoms with Crippen LogP contribution < -0.4 is 10.2 Å². The molecule has 0 spiro atoms. The van der Waals surface area contributed by atoms with Crippen molar-refractivity contribution in [3.05, 3.63) is 108 Å². The van der Waals surface area contributed by atoms with E-state index < -0.39 is 0 Å². The van der Waals surface area contributed by atoms with E-state index in [0.29, 0.717) is 5.11 Å². The Morgan fingerprint density at radius 1 is 0.903 bits per heavy atom. The van der Waals surface area contributed by atoms with Gasteiger partial charge in [-0.1, -0.05) is 6.07 Å². The number of nitrogens with one attached hydrogen (secondary N) is 1. The molecule has 0 unspecified atom stereocenters. The van der Waals surface area contributed by atoms with E-state index in [-0.39, 0.29) is 23.7 Å². The van der Waals surface area contributed by atoms with Crippen molar-refractivity contribution < 1.29 is 9.50 Å². The van der Waals surface area contributed by atoms with Crippen LogP contribution in [0.2, 0.25) is 0 Å². The van der Waals surface area contributed by atoms with Gasteiger partial charge in [-0.3, -0.25) is 4.98 Å². The summed E-state index contributed by atoms with van der Waals surface area (Å²) in [5, 5.41) is 13.6. The maximum atomic E-state index is 13.6. The van der Waals surface area contributed by atoms with E-state index in [1.54, 1.807) is 30.5 Å². The molecule has 0 aliphatic carbocycles. The summed E-state index contributed by atoms with van der Waals surface area (Å²) in [5.41, 5.74) is 3.55. The zero-order chi connectivity index (χ0) is 21.4. The van der Waals surface area contributed by atoms with Crippen molar-refractivity contribution >= 4 is 23.0 Å². The Labute approximate surface area is 184 Å². The van der Waals surface area contributed by atoms with Gasteiger partial charge in [0.25, 0.3) is 0 Å². The summed E-state index contributed by atoms with van der Waals surface area (Å²) in [6.07, 6.45) is 3.73. The molecular formula is C24H19FN4OS. The van der Waals surface area contributed by atoms with Crippen LogP contribution in [0.5, 0.6) is 5.75 Å². The largest absolute Gasteiger partial charge is 0.508 e. The van der Waals surface area contributed by atoms with Gasteiger partial charge in [0.2, 0.25) is 0 Å². The summed E-state index contributed by atoms with van der Waals surface area (Å²) in [5.74, 6) is -0.0902. The number of phenolic OH excluding ortho intramolecular Hbond substituents is 1. The summed E-state index contributed by atoms with van der Waals surface area (Å²) in [6.45, 7) is 0. The van der Waals surface area contributed by atoms with Crippen LogP contribution in [0.15, 0.2) is 91.3 Å². The molecule has 1 aliphatic heterocycles. The summed E-state index contributed by atoms with van der Waals surface area (Å²) < 4.78 is 15.7. The second-order valence-corrected chi connectivity index (χ2v) is 7.68. The molecule has 0 saturated carbocycles. The number of rotatable bonds is 4. The molecule has 0 radical (unpaired) electrons. The Balaban J connectivity index is 1.66. The van der Waals surface area contributed by atoms with E-state index in [0.717, 1.165) is 22.8 Å². The van der Waals surface area contributed by atoms with Gasteiger partial charge in [0.05, 0.1) is 11.7 Å². The van der Waals surface area contributed by atoms with Crippen LogP contribution in [-0.4, -0.2) is 19.8 Å². The van der Waals surface area contributed by atoms with E-state index in [1.165, 1.54) is 12.1 Å². The number of phenols is 1. The molecule has 7 heteroatoms. The second-order valence-electron chi connectivity index (χ2n) is 7.29. The standard InChI is InChI=1S/C24H19FN4OS/c25-16-6-8-18(9-7-16)29-23(22(27-24(29)31)20-4-1-2-14-26-20)21-5-3-15-28(21)17-10-12-19(30)13-11-17/h1-15,22-23,30H,(H,27,31)/t22-,23+/m0/s1. The van der Waals surface area contributed by atoms with Gasteiger partial charge in [-0.25, -0.2) is 4.39 Å². The highest BCUT2D eigenvalue weighted by molar-refractivity contribution is 7.80. The average Bonchev–Trinajstić information content (AvgIpc) is 3.40. The molecule has 2 aromatic heterocycles. The zero-order valence-corrected chi connectivity index (χ0v) is 17.2. The summed E-state index contributed by atoms with van der Waals surface area (Å²) in [7, 11) is 0. The number of halogens is 1. The minimum atomic E-state index is -0.299. The Kier molecular flexibility index (Phi) is 4.88. The van der Waals surface area contributed by atoms with Crippen LogP contribution in [0.3, 0.4) is 0 Å². The highest BCUT2D eigenvalue weighted by atomic mass is 32.1. The summed E-state index contributed by atoms with van der Waals surface area (Å²) in [4.78, 5) is 6.56. The predicted molar refractivity (Wildman–Crippen MR) is 122 cm³/mol. The zero-order valence-electron chi connectivity index (χ0n) is 16.4. The van der Waals surface area contributed by atoms with E-state index >= 15 is 0 Å². The average molecular weight is 431 g/mol. The molecule has 154 valence electrons. The minimum absolute atomic E-state index is 0.204. The molecule has 31 heavy (non-hydrogen) atoms. The molecule has 3 heterocycles. The molecule has 4 aromatic rings. The van der Waals surface area contributed by atoms with E-state index in [1.807, 2.05) is 53.6 Å². The highest BCUT2D eigenvalue weighted by Crippen LogP contribution is 2.42. The third-order valence-electron chi connectivity index (χ3n) is 5.41. The number of hydrogen-bond acceptors (Lipinski definition) is 3. The van der Waals surface area contributed by atoms with Crippen molar-refractivity contribution in [1.82, 2.24) is 14.9 Å². The number of hydrogen-bond donors (Lipinski definition) is 2. The molecule has 1 fully saturated rings. The number of benzene rings is 2. The number of thiocarbonyl (C=S) groups is 1. The van der Waals surface area contributed by atoms with Gasteiger partial charge in [0.1, 0.15) is 17.6 Å². The molecule has 1 aliphatic rings. The van der Waals surface area contributed by atoms with Gasteiger partial charge < -0.3 is 19.9 Å². The SMILES string of the molecule is Oc1ccc(-n2cccc2[C@@H]2[C@H](c3ccccn3)NC(=S)N2c2ccc(F)cc2)cc1.